The molecule has 0 N–H and O–H groups in total. The number of unbranched alkanes of at least 4 members (excludes halogenated alkanes) is 1. The molecule has 0 saturated heterocycles. The Balaban J connectivity index is 3.47. The normalized spacial score (nSPS) is 10.9. The molecular weight excluding hydrogens is 156 g/mol. The Morgan fingerprint density at radius 2 is 2.09 bits per heavy atom. The molecule has 0 aliphatic rings. The fraction of sp³-hybridized carbons (Fsp3) is 0.714. The molecule has 3 nitrogen and oxygen atoms in total. The van der Waals surface area contributed by atoms with E-state index in [0.29, 0.717) is 6.42 Å². The number of nitrogens with zero attached hydrogens (tertiary/aromatic N) is 2. The molecule has 0 rings (SSSR count). The van der Waals surface area contributed by atoms with Crippen LogP contribution in [0.25, 0.3) is 0 Å². The average molecular weight is 172 g/mol. The third-order valence-corrected chi connectivity index (χ3v) is 3.05. The first-order valence-corrected chi connectivity index (χ1v) is 6.70. The van der Waals surface area contributed by atoms with Crippen molar-refractivity contribution in [2.75, 3.05) is 7.05 Å². The zero-order chi connectivity index (χ0) is 8.69. The Morgan fingerprint density at radius 3 is 2.55 bits per heavy atom. The highest BCUT2D eigenvalue weighted by Gasteiger charge is 1.97. The first kappa shape index (κ1) is 10.4. The van der Waals surface area contributed by atoms with E-state index in [4.69, 9.17) is 0 Å². The zero-order valence-electron chi connectivity index (χ0n) is 7.45. The molecule has 11 heavy (non-hydrogen) atoms. The molecule has 0 atom stereocenters. The van der Waals surface area contributed by atoms with Gasteiger partial charge in [0.1, 0.15) is 6.29 Å². The molecule has 0 bridgehead atoms. The molecule has 4 heteroatoms. The minimum atomic E-state index is -0.769. The van der Waals surface area contributed by atoms with Crippen molar-refractivity contribution in [1.82, 2.24) is 4.67 Å². The molecule has 0 fully saturated rings. The van der Waals surface area contributed by atoms with Crippen LogP contribution >= 0.6 is 0 Å². The average Bonchev–Trinajstić information content (AvgIpc) is 1.97. The summed E-state index contributed by atoms with van der Waals surface area (Å²) in [5.41, 5.74) is 0. The third-order valence-electron chi connectivity index (χ3n) is 1.42. The van der Waals surface area contributed by atoms with Gasteiger partial charge in [0.05, 0.1) is 0 Å². The van der Waals surface area contributed by atoms with Crippen LogP contribution in [0.3, 0.4) is 0 Å². The zero-order valence-corrected chi connectivity index (χ0v) is 8.60. The van der Waals surface area contributed by atoms with Gasteiger partial charge >= 0.3 is 0 Å². The molecule has 0 unspecified atom stereocenters. The predicted molar refractivity (Wildman–Crippen MR) is 50.4 cm³/mol. The number of hydrogen-bond donors (Lipinski definition) is 0. The molecule has 64 valence electrons. The van der Waals surface area contributed by atoms with Gasteiger partial charge in [0.2, 0.25) is 0 Å². The second-order valence-electron chi connectivity index (χ2n) is 2.71. The lowest BCUT2D eigenvalue weighted by atomic mass is 10.4. The monoisotopic (exact) mass is 172 g/mol. The van der Waals surface area contributed by atoms with Crippen molar-refractivity contribution in [3.05, 3.63) is 0 Å². The summed E-state index contributed by atoms with van der Waals surface area (Å²) in [7, 11) is 1.21. The Morgan fingerprint density at radius 1 is 1.45 bits per heavy atom. The van der Waals surface area contributed by atoms with Gasteiger partial charge in [0, 0.05) is 19.7 Å². The van der Waals surface area contributed by atoms with Crippen molar-refractivity contribution in [3.8, 4) is 0 Å². The molecule has 0 aromatic heterocycles. The van der Waals surface area contributed by atoms with Gasteiger partial charge in [-0.1, -0.05) is 13.1 Å². The van der Waals surface area contributed by atoms with Crippen molar-refractivity contribution in [1.29, 1.82) is 0 Å². The minimum absolute atomic E-state index is 0.580. The van der Waals surface area contributed by atoms with Gasteiger partial charge in [-0.05, 0) is 6.42 Å². The van der Waals surface area contributed by atoms with Crippen molar-refractivity contribution in [2.45, 2.75) is 25.9 Å². The highest BCUT2D eigenvalue weighted by molar-refractivity contribution is 6.52. The fourth-order valence-corrected chi connectivity index (χ4v) is 0.823. The summed E-state index contributed by atoms with van der Waals surface area (Å²) in [5, 5.41) is 4.17. The number of hydrazone groups is 1. The smallest absolute Gasteiger partial charge is 0.156 e. The molecule has 0 spiro atoms. The predicted octanol–water partition coefficient (Wildman–Crippen LogP) is 0.866. The Hall–Kier alpha value is -0.643. The summed E-state index contributed by atoms with van der Waals surface area (Å²) < 4.78 is 2.00. The lowest BCUT2D eigenvalue weighted by Gasteiger charge is -2.15. The summed E-state index contributed by atoms with van der Waals surface area (Å²) >= 11 is 0. The first-order valence-electron chi connectivity index (χ1n) is 3.87. The Bertz CT molecular complexity index is 136. The maximum atomic E-state index is 9.92. The molecule has 0 aliphatic carbocycles. The van der Waals surface area contributed by atoms with Gasteiger partial charge in [-0.25, -0.2) is 0 Å². The number of carbonyl (C=O) groups is 1. The largest absolute Gasteiger partial charge is 0.331 e. The third kappa shape index (κ3) is 5.78. The first-order chi connectivity index (χ1) is 5.18. The van der Waals surface area contributed by atoms with Gasteiger partial charge in [0.25, 0.3) is 0 Å². The fourth-order valence-electron chi connectivity index (χ4n) is 0.462. The highest BCUT2D eigenvalue weighted by Crippen LogP contribution is 1.90. The summed E-state index contributed by atoms with van der Waals surface area (Å²) in [6.45, 7) is 4.41. The van der Waals surface area contributed by atoms with E-state index in [1.165, 1.54) is 0 Å². The molecule has 0 heterocycles. The van der Waals surface area contributed by atoms with Crippen LogP contribution < -0.4 is 0 Å². The van der Waals surface area contributed by atoms with Gasteiger partial charge in [0.15, 0.2) is 8.96 Å². The summed E-state index contributed by atoms with van der Waals surface area (Å²) in [6.07, 6.45) is 4.06. The van der Waals surface area contributed by atoms with Crippen LogP contribution in [-0.4, -0.2) is 33.2 Å². The second kappa shape index (κ2) is 6.09. The lowest BCUT2D eigenvalue weighted by Crippen LogP contribution is -2.24. The van der Waals surface area contributed by atoms with Crippen molar-refractivity contribution < 1.29 is 4.79 Å². The van der Waals surface area contributed by atoms with E-state index in [-0.39, 0.29) is 0 Å². The number of hydrogen-bond acceptors (Lipinski definition) is 3. The van der Waals surface area contributed by atoms with Crippen LogP contribution in [-0.2, 0) is 4.79 Å². The number of carbonyl (C=O) groups excluding carboxylic acids is 1. The van der Waals surface area contributed by atoms with Crippen LogP contribution in [0.5, 0.6) is 0 Å². The number of aldehydes is 1. The quantitative estimate of drug-likeness (QED) is 0.203. The van der Waals surface area contributed by atoms with E-state index < -0.39 is 8.96 Å². The van der Waals surface area contributed by atoms with Crippen LogP contribution in [0.2, 0.25) is 13.1 Å². The second-order valence-corrected chi connectivity index (χ2v) is 5.64. The van der Waals surface area contributed by atoms with E-state index in [9.17, 15) is 4.79 Å². The molecule has 0 amide bonds. The molecule has 0 saturated carbocycles. The van der Waals surface area contributed by atoms with Gasteiger partial charge in [-0.2, -0.15) is 5.10 Å². The maximum absolute atomic E-state index is 9.92. The standard InChI is InChI=1S/C7H16N2OSi/c1-9(11(2)3)8-6-4-5-7-10/h6-7,11H,4-5H2,1-3H3. The molecule has 0 radical (unpaired) electrons. The maximum Gasteiger partial charge on any atom is 0.156 e. The topological polar surface area (TPSA) is 32.7 Å². The number of rotatable bonds is 5. The van der Waals surface area contributed by atoms with E-state index >= 15 is 0 Å². The van der Waals surface area contributed by atoms with Gasteiger partial charge in [-0.3, -0.25) is 0 Å². The molecular formula is C7H16N2OSi. The Kier molecular flexibility index (Phi) is 5.74. The SMILES string of the molecule is CN(N=CCCC=O)[SiH](C)C. The van der Waals surface area contributed by atoms with Gasteiger partial charge < -0.3 is 9.47 Å². The van der Waals surface area contributed by atoms with E-state index in [1.807, 2.05) is 11.7 Å². The molecule has 0 aromatic carbocycles. The Labute approximate surface area is 69.8 Å². The summed E-state index contributed by atoms with van der Waals surface area (Å²) in [4.78, 5) is 9.92. The minimum Gasteiger partial charge on any atom is -0.331 e. The van der Waals surface area contributed by atoms with E-state index in [0.717, 1.165) is 12.7 Å². The van der Waals surface area contributed by atoms with E-state index in [2.05, 4.69) is 18.2 Å². The van der Waals surface area contributed by atoms with Crippen LogP contribution in [0, 0.1) is 0 Å². The van der Waals surface area contributed by atoms with Crippen molar-refractivity contribution >= 4 is 21.5 Å². The van der Waals surface area contributed by atoms with E-state index in [1.54, 1.807) is 6.21 Å². The van der Waals surface area contributed by atoms with Crippen LogP contribution in [0.15, 0.2) is 5.10 Å². The highest BCUT2D eigenvalue weighted by atomic mass is 28.3. The summed E-state index contributed by atoms with van der Waals surface area (Å²) in [6, 6.07) is 0. The lowest BCUT2D eigenvalue weighted by molar-refractivity contribution is -0.107. The van der Waals surface area contributed by atoms with Crippen molar-refractivity contribution in [2.24, 2.45) is 5.10 Å². The van der Waals surface area contributed by atoms with Crippen molar-refractivity contribution in [3.63, 3.8) is 0 Å². The van der Waals surface area contributed by atoms with Crippen LogP contribution in [0.4, 0.5) is 0 Å². The molecule has 0 aliphatic heterocycles. The summed E-state index contributed by atoms with van der Waals surface area (Å²) in [5.74, 6) is 0. The molecule has 0 aromatic rings. The van der Waals surface area contributed by atoms with Gasteiger partial charge in [-0.15, -0.1) is 0 Å². The van der Waals surface area contributed by atoms with Crippen LogP contribution in [0.1, 0.15) is 12.8 Å².